The number of benzene rings is 2. The number of nitrogens with zero attached hydrogens (tertiary/aromatic N) is 1. The molecule has 6 nitrogen and oxygen atoms in total. The van der Waals surface area contributed by atoms with Crippen molar-refractivity contribution in [1.82, 2.24) is 9.88 Å². The lowest BCUT2D eigenvalue weighted by Gasteiger charge is -2.26. The number of hydrogen-bond donors (Lipinski definition) is 2. The van der Waals surface area contributed by atoms with Gasteiger partial charge in [-0.3, -0.25) is 9.59 Å². The highest BCUT2D eigenvalue weighted by molar-refractivity contribution is 6.09. The molecule has 4 aromatic rings. The first-order valence-corrected chi connectivity index (χ1v) is 11.0. The van der Waals surface area contributed by atoms with Crippen LogP contribution < -0.4 is 0 Å². The SMILES string of the molecule is Cc1[nH]c2ccccc2c1C1C(C(=O)CCc2ccccc2)=C(O)C(=O)N1Cc1ccco1. The fourth-order valence-corrected chi connectivity index (χ4v) is 4.66. The number of ketones is 1. The van der Waals surface area contributed by atoms with Crippen molar-refractivity contribution in [2.75, 3.05) is 0 Å². The molecule has 1 unspecified atom stereocenters. The Bertz CT molecular complexity index is 1350. The second kappa shape index (κ2) is 8.47. The van der Waals surface area contributed by atoms with Crippen LogP contribution in [0.25, 0.3) is 10.9 Å². The zero-order chi connectivity index (χ0) is 22.9. The predicted molar refractivity (Wildman–Crippen MR) is 124 cm³/mol. The Morgan fingerprint density at radius 2 is 1.82 bits per heavy atom. The number of aliphatic hydroxyl groups is 1. The predicted octanol–water partition coefficient (Wildman–Crippen LogP) is 5.17. The first kappa shape index (κ1) is 20.8. The topological polar surface area (TPSA) is 86.5 Å². The summed E-state index contributed by atoms with van der Waals surface area (Å²) >= 11 is 0. The van der Waals surface area contributed by atoms with Crippen molar-refractivity contribution < 1.29 is 19.1 Å². The highest BCUT2D eigenvalue weighted by Crippen LogP contribution is 2.43. The van der Waals surface area contributed by atoms with E-state index >= 15 is 0 Å². The van der Waals surface area contributed by atoms with Gasteiger partial charge in [0.15, 0.2) is 11.5 Å². The normalized spacial score (nSPS) is 16.2. The Kier molecular flexibility index (Phi) is 5.34. The molecule has 5 rings (SSSR count). The number of amides is 1. The van der Waals surface area contributed by atoms with Crippen LogP contribution in [0.4, 0.5) is 0 Å². The van der Waals surface area contributed by atoms with Gasteiger partial charge in [-0.05, 0) is 37.1 Å². The maximum Gasteiger partial charge on any atom is 0.290 e. The average Bonchev–Trinajstić information content (AvgIpc) is 3.51. The number of fused-ring (bicyclic) bond motifs is 1. The highest BCUT2D eigenvalue weighted by atomic mass is 16.3. The molecule has 0 spiro atoms. The number of rotatable bonds is 7. The number of aryl methyl sites for hydroxylation is 2. The third kappa shape index (κ3) is 3.74. The summed E-state index contributed by atoms with van der Waals surface area (Å²) in [5, 5.41) is 11.8. The van der Waals surface area contributed by atoms with Crippen LogP contribution in [0, 0.1) is 6.92 Å². The van der Waals surface area contributed by atoms with Gasteiger partial charge in [0.1, 0.15) is 5.76 Å². The molecule has 1 aliphatic rings. The van der Waals surface area contributed by atoms with Gasteiger partial charge >= 0.3 is 0 Å². The summed E-state index contributed by atoms with van der Waals surface area (Å²) in [6.07, 6.45) is 2.27. The van der Waals surface area contributed by atoms with Gasteiger partial charge in [-0.1, -0.05) is 48.5 Å². The van der Waals surface area contributed by atoms with E-state index in [2.05, 4.69) is 4.98 Å². The van der Waals surface area contributed by atoms with Crippen molar-refractivity contribution in [1.29, 1.82) is 0 Å². The molecule has 3 heterocycles. The van der Waals surface area contributed by atoms with Crippen LogP contribution in [0.1, 0.15) is 35.0 Å². The van der Waals surface area contributed by atoms with E-state index in [0.29, 0.717) is 12.2 Å². The third-order valence-electron chi connectivity index (χ3n) is 6.21. The first-order valence-electron chi connectivity index (χ1n) is 11.0. The standard InChI is InChI=1S/C27H24N2O4/c1-17-23(20-11-5-6-12-21(20)28-17)25-24(22(30)14-13-18-8-3-2-4-9-18)26(31)27(32)29(25)16-19-10-7-15-33-19/h2-12,15,25,28,31H,13-14,16H2,1H3. The number of H-pyrrole nitrogens is 1. The van der Waals surface area contributed by atoms with Crippen molar-refractivity contribution >= 4 is 22.6 Å². The Hall–Kier alpha value is -4.06. The summed E-state index contributed by atoms with van der Waals surface area (Å²) < 4.78 is 5.48. The minimum Gasteiger partial charge on any atom is -0.503 e. The summed E-state index contributed by atoms with van der Waals surface area (Å²) in [5.41, 5.74) is 3.76. The van der Waals surface area contributed by atoms with Crippen LogP contribution in [-0.4, -0.2) is 26.7 Å². The van der Waals surface area contributed by atoms with E-state index < -0.39 is 17.7 Å². The number of hydrogen-bond acceptors (Lipinski definition) is 4. The lowest BCUT2D eigenvalue weighted by Crippen LogP contribution is -2.31. The molecular weight excluding hydrogens is 416 g/mol. The number of carbonyl (C=O) groups excluding carboxylic acids is 2. The maximum absolute atomic E-state index is 13.4. The molecular formula is C27H24N2O4. The number of para-hydroxylation sites is 1. The molecule has 0 aliphatic carbocycles. The number of carbonyl (C=O) groups is 2. The maximum atomic E-state index is 13.4. The number of aromatic nitrogens is 1. The molecule has 0 saturated carbocycles. The van der Waals surface area contributed by atoms with E-state index in [1.165, 1.54) is 4.90 Å². The molecule has 0 radical (unpaired) electrons. The van der Waals surface area contributed by atoms with Gasteiger partial charge in [-0.25, -0.2) is 0 Å². The second-order valence-corrected chi connectivity index (χ2v) is 8.30. The molecule has 166 valence electrons. The van der Waals surface area contributed by atoms with Crippen LogP contribution in [0.3, 0.4) is 0 Å². The van der Waals surface area contributed by atoms with Crippen molar-refractivity contribution in [2.45, 2.75) is 32.4 Å². The Balaban J connectivity index is 1.57. The molecule has 0 saturated heterocycles. The molecule has 1 atom stereocenters. The molecule has 33 heavy (non-hydrogen) atoms. The van der Waals surface area contributed by atoms with Crippen molar-refractivity contribution in [3.63, 3.8) is 0 Å². The highest BCUT2D eigenvalue weighted by Gasteiger charge is 2.45. The quantitative estimate of drug-likeness (QED) is 0.415. The number of aliphatic hydroxyl groups excluding tert-OH is 1. The summed E-state index contributed by atoms with van der Waals surface area (Å²) in [7, 11) is 0. The van der Waals surface area contributed by atoms with E-state index in [-0.39, 0.29) is 24.3 Å². The number of aromatic amines is 1. The number of Topliss-reactive ketones (excluding diaryl/α,β-unsaturated/α-hetero) is 1. The second-order valence-electron chi connectivity index (χ2n) is 8.30. The van der Waals surface area contributed by atoms with Crippen molar-refractivity contribution in [3.8, 4) is 0 Å². The van der Waals surface area contributed by atoms with E-state index in [4.69, 9.17) is 4.42 Å². The smallest absolute Gasteiger partial charge is 0.290 e. The van der Waals surface area contributed by atoms with Crippen LogP contribution in [-0.2, 0) is 22.6 Å². The Morgan fingerprint density at radius 1 is 1.06 bits per heavy atom. The van der Waals surface area contributed by atoms with Crippen LogP contribution >= 0.6 is 0 Å². The van der Waals surface area contributed by atoms with Gasteiger partial charge in [-0.2, -0.15) is 0 Å². The molecule has 2 N–H and O–H groups in total. The average molecular weight is 440 g/mol. The van der Waals surface area contributed by atoms with Gasteiger partial charge < -0.3 is 19.4 Å². The third-order valence-corrected chi connectivity index (χ3v) is 6.21. The monoisotopic (exact) mass is 440 g/mol. The molecule has 0 bridgehead atoms. The van der Waals surface area contributed by atoms with Crippen LogP contribution in [0.15, 0.2) is 88.7 Å². The van der Waals surface area contributed by atoms with Gasteiger partial charge in [0.2, 0.25) is 0 Å². The van der Waals surface area contributed by atoms with Gasteiger partial charge in [0.25, 0.3) is 5.91 Å². The zero-order valence-corrected chi connectivity index (χ0v) is 18.2. The largest absolute Gasteiger partial charge is 0.503 e. The molecule has 1 amide bonds. The first-order chi connectivity index (χ1) is 16.0. The Morgan fingerprint density at radius 3 is 2.58 bits per heavy atom. The molecule has 2 aromatic heterocycles. The van der Waals surface area contributed by atoms with Crippen molar-refractivity contribution in [2.24, 2.45) is 0 Å². The van der Waals surface area contributed by atoms with E-state index in [0.717, 1.165) is 27.7 Å². The van der Waals surface area contributed by atoms with Crippen LogP contribution in [0.5, 0.6) is 0 Å². The fraction of sp³-hybridized carbons (Fsp3) is 0.185. The summed E-state index contributed by atoms with van der Waals surface area (Å²) in [5.74, 6) is -0.698. The number of nitrogens with one attached hydrogen (secondary N) is 1. The lowest BCUT2D eigenvalue weighted by molar-refractivity contribution is -0.130. The lowest BCUT2D eigenvalue weighted by atomic mass is 9.91. The summed E-state index contributed by atoms with van der Waals surface area (Å²) in [4.78, 5) is 31.5. The zero-order valence-electron chi connectivity index (χ0n) is 18.2. The molecule has 1 aliphatic heterocycles. The van der Waals surface area contributed by atoms with E-state index in [1.54, 1.807) is 18.4 Å². The van der Waals surface area contributed by atoms with Gasteiger partial charge in [-0.15, -0.1) is 0 Å². The Labute approximate surface area is 191 Å². The van der Waals surface area contributed by atoms with Crippen LogP contribution in [0.2, 0.25) is 0 Å². The molecule has 2 aromatic carbocycles. The summed E-state index contributed by atoms with van der Waals surface area (Å²) in [6.45, 7) is 2.07. The van der Waals surface area contributed by atoms with Gasteiger partial charge in [0, 0.05) is 28.6 Å². The molecule has 0 fully saturated rings. The molecule has 6 heteroatoms. The van der Waals surface area contributed by atoms with E-state index in [1.807, 2.05) is 61.5 Å². The minimum absolute atomic E-state index is 0.148. The van der Waals surface area contributed by atoms with E-state index in [9.17, 15) is 14.7 Å². The number of furan rings is 1. The summed E-state index contributed by atoms with van der Waals surface area (Å²) in [6, 6.07) is 20.3. The van der Waals surface area contributed by atoms with Crippen molar-refractivity contribution in [3.05, 3.63) is 107 Å². The minimum atomic E-state index is -0.706. The fourth-order valence-electron chi connectivity index (χ4n) is 4.66. The van der Waals surface area contributed by atoms with Gasteiger partial charge in [0.05, 0.1) is 24.4 Å².